The minimum atomic E-state index is 1.18. The first kappa shape index (κ1) is 13.3. The SMILES string of the molecule is Cc1ccc(C2=PCCC(c3ccccc3)=C2)c(C)c1. The van der Waals surface area contributed by atoms with Crippen molar-refractivity contribution in [2.45, 2.75) is 20.3 Å². The highest BCUT2D eigenvalue weighted by Gasteiger charge is 2.11. The first-order chi connectivity index (χ1) is 9.74. The molecule has 1 heterocycles. The number of benzene rings is 2. The van der Waals surface area contributed by atoms with Crippen molar-refractivity contribution >= 4 is 19.1 Å². The van der Waals surface area contributed by atoms with E-state index in [1.807, 2.05) is 0 Å². The van der Waals surface area contributed by atoms with Crippen LogP contribution in [-0.2, 0) is 0 Å². The predicted octanol–water partition coefficient (Wildman–Crippen LogP) is 5.26. The van der Waals surface area contributed by atoms with Crippen molar-refractivity contribution in [2.24, 2.45) is 0 Å². The summed E-state index contributed by atoms with van der Waals surface area (Å²) in [7, 11) is 1.45. The van der Waals surface area contributed by atoms with Crippen LogP contribution in [0.3, 0.4) is 0 Å². The van der Waals surface area contributed by atoms with E-state index in [1.54, 1.807) is 0 Å². The lowest BCUT2D eigenvalue weighted by molar-refractivity contribution is 1.25. The Morgan fingerprint density at radius 1 is 0.950 bits per heavy atom. The van der Waals surface area contributed by atoms with Crippen molar-refractivity contribution in [3.63, 3.8) is 0 Å². The molecule has 0 unspecified atom stereocenters. The van der Waals surface area contributed by atoms with Gasteiger partial charge in [0.05, 0.1) is 0 Å². The van der Waals surface area contributed by atoms with Crippen LogP contribution in [0, 0.1) is 13.8 Å². The van der Waals surface area contributed by atoms with Crippen LogP contribution in [0.4, 0.5) is 0 Å². The molecule has 0 atom stereocenters. The Bertz CT molecular complexity index is 678. The van der Waals surface area contributed by atoms with Crippen LogP contribution in [-0.4, -0.2) is 11.5 Å². The summed E-state index contributed by atoms with van der Waals surface area (Å²) < 4.78 is 0. The third-order valence-electron chi connectivity index (χ3n) is 3.78. The maximum absolute atomic E-state index is 2.40. The summed E-state index contributed by atoms with van der Waals surface area (Å²) >= 11 is 0. The standard InChI is InChI=1S/C19H19P/c1-14-8-9-18(15(2)12-14)19-13-17(10-11-20-19)16-6-4-3-5-7-16/h3-9,12-13H,10-11H2,1-2H3. The van der Waals surface area contributed by atoms with Gasteiger partial charge in [0.1, 0.15) is 0 Å². The van der Waals surface area contributed by atoms with Gasteiger partial charge in [0, 0.05) is 5.29 Å². The number of aryl methyl sites for hydroxylation is 2. The summed E-state index contributed by atoms with van der Waals surface area (Å²) in [5.74, 6) is 0. The monoisotopic (exact) mass is 278 g/mol. The quantitative estimate of drug-likeness (QED) is 0.657. The molecule has 0 nitrogen and oxygen atoms in total. The second-order valence-electron chi connectivity index (χ2n) is 5.37. The molecule has 20 heavy (non-hydrogen) atoms. The Balaban J connectivity index is 1.99. The molecule has 0 spiro atoms. The van der Waals surface area contributed by atoms with Crippen LogP contribution in [0.25, 0.3) is 5.57 Å². The van der Waals surface area contributed by atoms with Crippen molar-refractivity contribution in [3.05, 3.63) is 76.9 Å². The van der Waals surface area contributed by atoms with Gasteiger partial charge in [0.25, 0.3) is 0 Å². The van der Waals surface area contributed by atoms with Gasteiger partial charge in [-0.05, 0) is 54.8 Å². The van der Waals surface area contributed by atoms with Crippen LogP contribution < -0.4 is 0 Å². The fraction of sp³-hybridized carbons (Fsp3) is 0.211. The minimum absolute atomic E-state index is 1.18. The van der Waals surface area contributed by atoms with Gasteiger partial charge in [-0.2, -0.15) is 0 Å². The Kier molecular flexibility index (Phi) is 3.85. The van der Waals surface area contributed by atoms with E-state index in [2.05, 4.69) is 68.5 Å². The zero-order valence-corrected chi connectivity index (χ0v) is 13.0. The summed E-state index contributed by atoms with van der Waals surface area (Å²) in [5.41, 5.74) is 6.97. The predicted molar refractivity (Wildman–Crippen MR) is 90.8 cm³/mol. The molecule has 100 valence electrons. The maximum atomic E-state index is 2.40. The maximum Gasteiger partial charge on any atom is 0.00544 e. The Hall–Kier alpha value is -1.65. The van der Waals surface area contributed by atoms with Crippen LogP contribution in [0.5, 0.6) is 0 Å². The molecule has 0 saturated carbocycles. The van der Waals surface area contributed by atoms with E-state index < -0.39 is 0 Å². The molecule has 3 rings (SSSR count). The van der Waals surface area contributed by atoms with Crippen molar-refractivity contribution in [2.75, 3.05) is 6.16 Å². The largest absolute Gasteiger partial charge is 0.0956 e. The lowest BCUT2D eigenvalue weighted by atomic mass is 9.97. The average molecular weight is 278 g/mol. The van der Waals surface area contributed by atoms with Gasteiger partial charge in [-0.1, -0.05) is 62.3 Å². The molecule has 0 aliphatic carbocycles. The summed E-state index contributed by atoms with van der Waals surface area (Å²) in [6.07, 6.45) is 4.81. The number of hydrogen-bond acceptors (Lipinski definition) is 0. The highest BCUT2D eigenvalue weighted by atomic mass is 31.1. The van der Waals surface area contributed by atoms with E-state index in [9.17, 15) is 0 Å². The van der Waals surface area contributed by atoms with Crippen LogP contribution in [0.2, 0.25) is 0 Å². The normalized spacial score (nSPS) is 15.5. The first-order valence-electron chi connectivity index (χ1n) is 7.12. The number of rotatable bonds is 2. The molecule has 0 saturated heterocycles. The molecule has 0 N–H and O–H groups in total. The van der Waals surface area contributed by atoms with E-state index in [-0.39, 0.29) is 0 Å². The topological polar surface area (TPSA) is 0 Å². The average Bonchev–Trinajstić information content (AvgIpc) is 2.48. The summed E-state index contributed by atoms with van der Waals surface area (Å²) in [6.45, 7) is 4.38. The van der Waals surface area contributed by atoms with Crippen molar-refractivity contribution < 1.29 is 0 Å². The summed E-state index contributed by atoms with van der Waals surface area (Å²) in [5, 5.41) is 1.47. The Morgan fingerprint density at radius 2 is 1.75 bits per heavy atom. The van der Waals surface area contributed by atoms with E-state index in [0.29, 0.717) is 0 Å². The molecule has 0 fully saturated rings. The molecule has 1 aliphatic heterocycles. The number of hydrogen-bond donors (Lipinski definition) is 0. The molecule has 1 aliphatic rings. The van der Waals surface area contributed by atoms with E-state index in [4.69, 9.17) is 0 Å². The van der Waals surface area contributed by atoms with Gasteiger partial charge in [0.15, 0.2) is 0 Å². The van der Waals surface area contributed by atoms with Crippen LogP contribution >= 0.6 is 8.20 Å². The van der Waals surface area contributed by atoms with Gasteiger partial charge in [0.2, 0.25) is 0 Å². The van der Waals surface area contributed by atoms with Crippen molar-refractivity contribution in [1.82, 2.24) is 0 Å². The fourth-order valence-electron chi connectivity index (χ4n) is 2.72. The molecule has 2 aromatic rings. The Morgan fingerprint density at radius 3 is 2.50 bits per heavy atom. The van der Waals surface area contributed by atoms with E-state index >= 15 is 0 Å². The molecular weight excluding hydrogens is 259 g/mol. The summed E-state index contributed by atoms with van der Waals surface area (Å²) in [6, 6.07) is 17.5. The molecule has 2 aromatic carbocycles. The van der Waals surface area contributed by atoms with Crippen LogP contribution in [0.1, 0.15) is 28.7 Å². The third kappa shape index (κ3) is 2.76. The molecule has 0 amide bonds. The van der Waals surface area contributed by atoms with Gasteiger partial charge in [-0.3, -0.25) is 0 Å². The highest BCUT2D eigenvalue weighted by Crippen LogP contribution is 2.29. The van der Waals surface area contributed by atoms with Crippen molar-refractivity contribution in [1.29, 1.82) is 0 Å². The van der Waals surface area contributed by atoms with E-state index in [1.165, 1.54) is 53.9 Å². The lowest BCUT2D eigenvalue weighted by Gasteiger charge is -2.15. The zero-order chi connectivity index (χ0) is 13.9. The lowest BCUT2D eigenvalue weighted by Crippen LogP contribution is -2.03. The Labute approximate surface area is 123 Å². The molecule has 0 aromatic heterocycles. The molecule has 0 radical (unpaired) electrons. The van der Waals surface area contributed by atoms with E-state index in [0.717, 1.165) is 0 Å². The highest BCUT2D eigenvalue weighted by molar-refractivity contribution is 7.42. The van der Waals surface area contributed by atoms with Gasteiger partial charge < -0.3 is 0 Å². The summed E-state index contributed by atoms with van der Waals surface area (Å²) in [4.78, 5) is 0. The third-order valence-corrected chi connectivity index (χ3v) is 4.93. The van der Waals surface area contributed by atoms with Gasteiger partial charge >= 0.3 is 0 Å². The minimum Gasteiger partial charge on any atom is -0.0956 e. The second kappa shape index (κ2) is 5.77. The van der Waals surface area contributed by atoms with Gasteiger partial charge in [-0.15, -0.1) is 0 Å². The first-order valence-corrected chi connectivity index (χ1v) is 8.20. The molecular formula is C19H19P. The smallest absolute Gasteiger partial charge is 0.00544 e. The zero-order valence-electron chi connectivity index (χ0n) is 12.1. The van der Waals surface area contributed by atoms with Gasteiger partial charge in [-0.25, -0.2) is 0 Å². The molecule has 1 heteroatoms. The molecule has 0 bridgehead atoms. The fourth-order valence-corrected chi connectivity index (χ4v) is 3.99. The second-order valence-corrected chi connectivity index (χ2v) is 6.62. The number of allylic oxidation sites excluding steroid dienone is 2. The van der Waals surface area contributed by atoms with Crippen LogP contribution in [0.15, 0.2) is 54.6 Å². The van der Waals surface area contributed by atoms with Crippen molar-refractivity contribution in [3.8, 4) is 0 Å².